The van der Waals surface area contributed by atoms with Crippen molar-refractivity contribution in [3.8, 4) is 0 Å². The molecule has 0 aliphatic heterocycles. The molecule has 0 aromatic heterocycles. The van der Waals surface area contributed by atoms with E-state index in [4.69, 9.17) is 34.8 Å². The van der Waals surface area contributed by atoms with Gasteiger partial charge in [0.05, 0.1) is 0 Å². The SMILES string of the molecule is CCCC(CCl)(CCl)c1ccc(Cl)cc1. The maximum atomic E-state index is 6.06. The van der Waals surface area contributed by atoms with Crippen molar-refractivity contribution in [1.82, 2.24) is 0 Å². The van der Waals surface area contributed by atoms with Crippen molar-refractivity contribution < 1.29 is 0 Å². The first-order chi connectivity index (χ1) is 7.18. The van der Waals surface area contributed by atoms with Crippen LogP contribution < -0.4 is 0 Å². The van der Waals surface area contributed by atoms with Gasteiger partial charge in [-0.3, -0.25) is 0 Å². The number of alkyl halides is 2. The van der Waals surface area contributed by atoms with E-state index in [-0.39, 0.29) is 5.41 Å². The molecule has 0 radical (unpaired) electrons. The van der Waals surface area contributed by atoms with Crippen LogP contribution in [0.25, 0.3) is 0 Å². The summed E-state index contributed by atoms with van der Waals surface area (Å²) in [5, 5.41) is 0.744. The predicted molar refractivity (Wildman–Crippen MR) is 69.5 cm³/mol. The van der Waals surface area contributed by atoms with Crippen molar-refractivity contribution in [1.29, 1.82) is 0 Å². The lowest BCUT2D eigenvalue weighted by atomic mass is 9.80. The van der Waals surface area contributed by atoms with Gasteiger partial charge in [0.15, 0.2) is 0 Å². The molecule has 0 bridgehead atoms. The lowest BCUT2D eigenvalue weighted by Crippen LogP contribution is -2.30. The van der Waals surface area contributed by atoms with Gasteiger partial charge >= 0.3 is 0 Å². The summed E-state index contributed by atoms with van der Waals surface area (Å²) in [7, 11) is 0. The highest BCUT2D eigenvalue weighted by molar-refractivity contribution is 6.30. The predicted octanol–water partition coefficient (Wildman–Crippen LogP) is 4.86. The summed E-state index contributed by atoms with van der Waals surface area (Å²) in [6.45, 7) is 2.14. The first-order valence-corrected chi connectivity index (χ1v) is 6.51. The van der Waals surface area contributed by atoms with E-state index in [1.54, 1.807) is 0 Å². The maximum Gasteiger partial charge on any atom is 0.0406 e. The highest BCUT2D eigenvalue weighted by Gasteiger charge is 2.29. The van der Waals surface area contributed by atoms with E-state index in [9.17, 15) is 0 Å². The molecule has 0 amide bonds. The van der Waals surface area contributed by atoms with E-state index in [0.717, 1.165) is 17.9 Å². The standard InChI is InChI=1S/C12H15Cl3/c1-2-7-12(8-13,9-14)10-3-5-11(15)6-4-10/h3-6H,2,7-9H2,1H3. The number of halogens is 3. The van der Waals surface area contributed by atoms with Gasteiger partial charge in [0.1, 0.15) is 0 Å². The van der Waals surface area contributed by atoms with Gasteiger partial charge in [0, 0.05) is 22.2 Å². The minimum absolute atomic E-state index is 0.109. The van der Waals surface area contributed by atoms with Crippen LogP contribution in [0, 0.1) is 0 Å². The molecule has 1 aromatic carbocycles. The summed E-state index contributed by atoms with van der Waals surface area (Å²) >= 11 is 18.0. The normalized spacial score (nSPS) is 11.7. The van der Waals surface area contributed by atoms with Crippen LogP contribution in [0.2, 0.25) is 5.02 Å². The zero-order chi connectivity index (χ0) is 11.3. The van der Waals surface area contributed by atoms with Gasteiger partial charge in [-0.25, -0.2) is 0 Å². The Morgan fingerprint density at radius 1 is 1.07 bits per heavy atom. The molecule has 1 rings (SSSR count). The number of benzene rings is 1. The van der Waals surface area contributed by atoms with E-state index >= 15 is 0 Å². The molecule has 0 spiro atoms. The Kier molecular flexibility index (Phi) is 5.25. The van der Waals surface area contributed by atoms with Crippen LogP contribution in [0.4, 0.5) is 0 Å². The first kappa shape index (κ1) is 13.2. The molecule has 0 saturated carbocycles. The van der Waals surface area contributed by atoms with Gasteiger partial charge in [-0.2, -0.15) is 0 Å². The lowest BCUT2D eigenvalue weighted by molar-refractivity contribution is 0.485. The van der Waals surface area contributed by atoms with E-state index < -0.39 is 0 Å². The molecule has 0 aliphatic rings. The third-order valence-electron chi connectivity index (χ3n) is 2.70. The summed E-state index contributed by atoms with van der Waals surface area (Å²) in [5.41, 5.74) is 1.07. The third kappa shape index (κ3) is 3.03. The number of hydrogen-bond donors (Lipinski definition) is 0. The molecule has 0 N–H and O–H groups in total. The second-order valence-electron chi connectivity index (χ2n) is 3.80. The highest BCUT2D eigenvalue weighted by atomic mass is 35.5. The molecule has 0 unspecified atom stereocenters. The topological polar surface area (TPSA) is 0 Å². The molecule has 3 heteroatoms. The summed E-state index contributed by atoms with van der Waals surface area (Å²) in [5.74, 6) is 1.10. The van der Waals surface area contributed by atoms with Gasteiger partial charge < -0.3 is 0 Å². The van der Waals surface area contributed by atoms with E-state index in [1.165, 1.54) is 5.56 Å². The van der Waals surface area contributed by atoms with Gasteiger partial charge in [-0.15, -0.1) is 23.2 Å². The maximum absolute atomic E-state index is 6.06. The van der Waals surface area contributed by atoms with E-state index in [1.807, 2.05) is 24.3 Å². The lowest BCUT2D eigenvalue weighted by Gasteiger charge is -2.29. The quantitative estimate of drug-likeness (QED) is 0.667. The van der Waals surface area contributed by atoms with Crippen molar-refractivity contribution in [3.63, 3.8) is 0 Å². The molecular weight excluding hydrogens is 250 g/mol. The van der Waals surface area contributed by atoms with E-state index in [0.29, 0.717) is 11.8 Å². The fourth-order valence-electron chi connectivity index (χ4n) is 1.75. The van der Waals surface area contributed by atoms with Crippen molar-refractivity contribution in [3.05, 3.63) is 34.9 Å². The first-order valence-electron chi connectivity index (χ1n) is 5.06. The number of rotatable bonds is 5. The fraction of sp³-hybridized carbons (Fsp3) is 0.500. The van der Waals surface area contributed by atoms with Crippen LogP contribution in [0.5, 0.6) is 0 Å². The molecule has 15 heavy (non-hydrogen) atoms. The Hall–Kier alpha value is 0.0900. The summed E-state index contributed by atoms with van der Waals surface area (Å²) in [6, 6.07) is 7.81. The molecule has 1 aromatic rings. The van der Waals surface area contributed by atoms with Crippen LogP contribution in [-0.2, 0) is 5.41 Å². The van der Waals surface area contributed by atoms with E-state index in [2.05, 4.69) is 6.92 Å². The molecule has 0 atom stereocenters. The molecule has 0 nitrogen and oxygen atoms in total. The van der Waals surface area contributed by atoms with Gasteiger partial charge in [0.25, 0.3) is 0 Å². The second-order valence-corrected chi connectivity index (χ2v) is 4.78. The van der Waals surface area contributed by atoms with Crippen LogP contribution in [-0.4, -0.2) is 11.8 Å². The Bertz CT molecular complexity index is 288. The third-order valence-corrected chi connectivity index (χ3v) is 3.97. The number of hydrogen-bond acceptors (Lipinski definition) is 0. The Balaban J connectivity index is 3.02. The Morgan fingerprint density at radius 3 is 2.00 bits per heavy atom. The largest absolute Gasteiger partial charge is 0.126 e. The minimum atomic E-state index is -0.109. The minimum Gasteiger partial charge on any atom is -0.126 e. The smallest absolute Gasteiger partial charge is 0.0406 e. The molecule has 0 heterocycles. The average Bonchev–Trinajstić information content (AvgIpc) is 2.27. The Morgan fingerprint density at radius 2 is 1.60 bits per heavy atom. The van der Waals surface area contributed by atoms with Crippen molar-refractivity contribution in [2.75, 3.05) is 11.8 Å². The molecule has 0 aliphatic carbocycles. The summed E-state index contributed by atoms with van der Waals surface area (Å²) in [6.07, 6.45) is 2.07. The summed E-state index contributed by atoms with van der Waals surface area (Å²) in [4.78, 5) is 0. The molecule has 84 valence electrons. The molecular formula is C12H15Cl3. The zero-order valence-corrected chi connectivity index (χ0v) is 11.0. The summed E-state index contributed by atoms with van der Waals surface area (Å²) < 4.78 is 0. The average molecular weight is 266 g/mol. The molecule has 0 saturated heterocycles. The van der Waals surface area contributed by atoms with Crippen LogP contribution >= 0.6 is 34.8 Å². The monoisotopic (exact) mass is 264 g/mol. The Labute approximate surface area is 107 Å². The van der Waals surface area contributed by atoms with Gasteiger partial charge in [-0.1, -0.05) is 37.1 Å². The van der Waals surface area contributed by atoms with Crippen LogP contribution in [0.1, 0.15) is 25.3 Å². The molecule has 0 fully saturated rings. The van der Waals surface area contributed by atoms with Crippen LogP contribution in [0.15, 0.2) is 24.3 Å². The fourth-order valence-corrected chi connectivity index (χ4v) is 2.74. The van der Waals surface area contributed by atoms with Crippen molar-refractivity contribution >= 4 is 34.8 Å². The van der Waals surface area contributed by atoms with Gasteiger partial charge in [0.2, 0.25) is 0 Å². The zero-order valence-electron chi connectivity index (χ0n) is 8.77. The van der Waals surface area contributed by atoms with Gasteiger partial charge in [-0.05, 0) is 24.1 Å². The second kappa shape index (κ2) is 5.98. The van der Waals surface area contributed by atoms with Crippen molar-refractivity contribution in [2.45, 2.75) is 25.2 Å². The van der Waals surface area contributed by atoms with Crippen LogP contribution in [0.3, 0.4) is 0 Å². The van der Waals surface area contributed by atoms with Crippen molar-refractivity contribution in [2.24, 2.45) is 0 Å². The highest BCUT2D eigenvalue weighted by Crippen LogP contribution is 2.33.